The van der Waals surface area contributed by atoms with Crippen LogP contribution in [0, 0.1) is 36.5 Å². The number of aromatic nitrogens is 6. The highest BCUT2D eigenvalue weighted by Gasteiger charge is 2.19. The number of rotatable bonds is 15. The van der Waals surface area contributed by atoms with Crippen molar-refractivity contribution in [2.24, 2.45) is 0 Å². The van der Waals surface area contributed by atoms with E-state index in [2.05, 4.69) is 41.4 Å². The number of nitriles is 2. The Bertz CT molecular complexity index is 3590. The van der Waals surface area contributed by atoms with Crippen LogP contribution in [0.5, 0.6) is 28.7 Å². The minimum atomic E-state index is -0.446. The lowest BCUT2D eigenvalue weighted by Gasteiger charge is -2.10. The van der Waals surface area contributed by atoms with Crippen molar-refractivity contribution < 1.29 is 23.8 Å². The Labute approximate surface area is 420 Å². The van der Waals surface area contributed by atoms with E-state index in [9.17, 15) is 20.1 Å². The molecular formula is C56H48N12O5. The lowest BCUT2D eigenvalue weighted by atomic mass is 10.1. The molecule has 4 aromatic heterocycles. The molecule has 17 heteroatoms. The second-order valence-corrected chi connectivity index (χ2v) is 16.3. The number of H-pyrrole nitrogens is 1. The fourth-order valence-electron chi connectivity index (χ4n) is 7.41. The number of aromatic amines is 1. The van der Waals surface area contributed by atoms with E-state index in [0.717, 1.165) is 28.1 Å². The number of fused-ring (bicyclic) bond motifs is 2. The van der Waals surface area contributed by atoms with Crippen LogP contribution in [0.15, 0.2) is 157 Å². The first kappa shape index (κ1) is 49.2. The van der Waals surface area contributed by atoms with Crippen molar-refractivity contribution in [3.8, 4) is 40.9 Å². The summed E-state index contributed by atoms with van der Waals surface area (Å²) in [4.78, 5) is 32.8. The topological polar surface area (TPSA) is 230 Å². The number of methoxy groups -OCH3 is 1. The van der Waals surface area contributed by atoms with Gasteiger partial charge in [0.2, 0.25) is 0 Å². The lowest BCUT2D eigenvalue weighted by Crippen LogP contribution is -2.19. The minimum absolute atomic E-state index is 0.0110. The first-order valence-corrected chi connectivity index (χ1v) is 22.8. The second-order valence-electron chi connectivity index (χ2n) is 16.3. The molecule has 4 heterocycles. The Balaban J connectivity index is 0.000000201. The summed E-state index contributed by atoms with van der Waals surface area (Å²) in [6.45, 7) is 4.52. The molecule has 9 aromatic rings. The van der Waals surface area contributed by atoms with Crippen molar-refractivity contribution >= 4 is 69.0 Å². The quantitative estimate of drug-likeness (QED) is 0.0476. The van der Waals surface area contributed by atoms with E-state index in [1.807, 2.05) is 158 Å². The van der Waals surface area contributed by atoms with Gasteiger partial charge in [0.05, 0.1) is 13.7 Å². The first-order valence-electron chi connectivity index (χ1n) is 22.8. The number of ether oxygens (including phenoxy) is 3. The molecule has 5 aromatic carbocycles. The number of nitrogens with zero attached hydrogens (tertiary/aromatic N) is 7. The molecule has 0 aliphatic heterocycles. The predicted molar refractivity (Wildman–Crippen MR) is 281 cm³/mol. The molecule has 17 nitrogen and oxygen atoms in total. The molecular weight excluding hydrogens is 921 g/mol. The summed E-state index contributed by atoms with van der Waals surface area (Å²) in [6, 6.07) is 45.6. The number of pyridine rings is 2. The third-order valence-corrected chi connectivity index (χ3v) is 11.1. The highest BCUT2D eigenvalue weighted by atomic mass is 16.5. The number of likely N-dealkylation sites (N-methyl/N-ethyl adjacent to an activating group) is 2. The fraction of sp³-hybridized carbons (Fsp3) is 0.107. The van der Waals surface area contributed by atoms with Crippen LogP contribution in [0.4, 0.5) is 23.0 Å². The van der Waals surface area contributed by atoms with Crippen LogP contribution in [0.3, 0.4) is 0 Å². The molecule has 5 N–H and O–H groups in total. The molecule has 0 saturated heterocycles. The third-order valence-electron chi connectivity index (χ3n) is 11.1. The molecule has 0 unspecified atom stereocenters. The highest BCUT2D eigenvalue weighted by Crippen LogP contribution is 2.37. The number of carbonyl (C=O) groups excluding carboxylic acids is 2. The molecule has 0 saturated carbocycles. The number of carbonyl (C=O) groups is 2. The zero-order valence-corrected chi connectivity index (χ0v) is 40.4. The maximum absolute atomic E-state index is 12.0. The second kappa shape index (κ2) is 22.9. The molecule has 0 spiro atoms. The average molecular weight is 969 g/mol. The number of hydrogen-bond acceptors (Lipinski definition) is 13. The van der Waals surface area contributed by atoms with Gasteiger partial charge in [-0.05, 0) is 103 Å². The highest BCUT2D eigenvalue weighted by molar-refractivity contribution is 6.02. The summed E-state index contributed by atoms with van der Waals surface area (Å²) in [5.74, 6) is 3.68. The summed E-state index contributed by atoms with van der Waals surface area (Å²) < 4.78 is 19.5. The lowest BCUT2D eigenvalue weighted by molar-refractivity contribution is -0.117. The third kappa shape index (κ3) is 12.1. The summed E-state index contributed by atoms with van der Waals surface area (Å²) in [5, 5.41) is 43.8. The van der Waals surface area contributed by atoms with Crippen LogP contribution in [0.1, 0.15) is 27.8 Å². The van der Waals surface area contributed by atoms with Crippen LogP contribution in [-0.4, -0.2) is 63.0 Å². The molecule has 362 valence electrons. The molecule has 0 aliphatic carbocycles. The van der Waals surface area contributed by atoms with E-state index in [4.69, 9.17) is 19.3 Å². The summed E-state index contributed by atoms with van der Waals surface area (Å²) >= 11 is 0. The van der Waals surface area contributed by atoms with Crippen molar-refractivity contribution in [2.45, 2.75) is 20.4 Å². The zero-order valence-electron chi connectivity index (χ0n) is 40.4. The van der Waals surface area contributed by atoms with Crippen molar-refractivity contribution in [3.05, 3.63) is 185 Å². The number of benzene rings is 5. The molecule has 0 aliphatic rings. The first-order chi connectivity index (χ1) is 35.5. The monoisotopic (exact) mass is 968 g/mol. The van der Waals surface area contributed by atoms with Gasteiger partial charge in [0.15, 0.2) is 17.1 Å². The smallest absolute Gasteiger partial charge is 0.261 e. The molecule has 2 amide bonds. The largest absolute Gasteiger partial charge is 0.497 e. The van der Waals surface area contributed by atoms with E-state index >= 15 is 0 Å². The normalized spacial score (nSPS) is 11.1. The van der Waals surface area contributed by atoms with Crippen molar-refractivity contribution in [1.29, 1.82) is 10.5 Å². The molecule has 9 rings (SSSR count). The number of nitrogens with one attached hydrogen (secondary N) is 5. The number of anilines is 4. The van der Waals surface area contributed by atoms with Gasteiger partial charge < -0.3 is 35.5 Å². The van der Waals surface area contributed by atoms with Gasteiger partial charge in [-0.25, -0.2) is 14.6 Å². The average Bonchev–Trinajstić information content (AvgIpc) is 3.99. The molecule has 73 heavy (non-hydrogen) atoms. The Morgan fingerprint density at radius 2 is 1.18 bits per heavy atom. The van der Waals surface area contributed by atoms with Gasteiger partial charge in [0.25, 0.3) is 11.8 Å². The Morgan fingerprint density at radius 3 is 1.71 bits per heavy atom. The van der Waals surface area contributed by atoms with Gasteiger partial charge in [-0.2, -0.15) is 20.7 Å². The number of amides is 2. The summed E-state index contributed by atoms with van der Waals surface area (Å²) in [6.07, 6.45) is 6.42. The molecule has 0 radical (unpaired) electrons. The van der Waals surface area contributed by atoms with Crippen molar-refractivity contribution in [3.63, 3.8) is 0 Å². The van der Waals surface area contributed by atoms with Crippen molar-refractivity contribution in [2.75, 3.05) is 31.8 Å². The summed E-state index contributed by atoms with van der Waals surface area (Å²) in [5.41, 5.74) is 7.35. The van der Waals surface area contributed by atoms with Crippen LogP contribution in [0.25, 0.3) is 34.2 Å². The van der Waals surface area contributed by atoms with Crippen molar-refractivity contribution in [1.82, 2.24) is 40.6 Å². The van der Waals surface area contributed by atoms with E-state index in [-0.39, 0.29) is 11.1 Å². The van der Waals surface area contributed by atoms with Crippen LogP contribution < -0.4 is 35.5 Å². The van der Waals surface area contributed by atoms with E-state index in [1.54, 1.807) is 25.6 Å². The zero-order chi connectivity index (χ0) is 51.3. The minimum Gasteiger partial charge on any atom is -0.497 e. The van der Waals surface area contributed by atoms with E-state index in [0.29, 0.717) is 80.1 Å². The Kier molecular flexibility index (Phi) is 15.4. The van der Waals surface area contributed by atoms with Gasteiger partial charge >= 0.3 is 0 Å². The fourth-order valence-corrected chi connectivity index (χ4v) is 7.41. The Morgan fingerprint density at radius 1 is 0.658 bits per heavy atom. The van der Waals surface area contributed by atoms with Crippen LogP contribution >= 0.6 is 0 Å². The molecule has 0 bridgehead atoms. The van der Waals surface area contributed by atoms with E-state index < -0.39 is 11.8 Å². The predicted octanol–water partition coefficient (Wildman–Crippen LogP) is 10.4. The van der Waals surface area contributed by atoms with Gasteiger partial charge in [-0.1, -0.05) is 71.8 Å². The standard InChI is InChI=1S/C32H28N6O3.C24H20N6O2/c1-21-7-11-27(12-8-21)41-28-15-16-35-31-29(28)30(37-38(31)20-22-9-13-26(40-3)14-10-22)36-25-6-4-5-23(18-25)17-24(19-33)32(39)34-2;1-15-6-8-19(9-7-15)32-20-10-11-27-22-21(20)23(30-29-22)28-18-5-3-4-16(13-18)12-17(14-25)24(31)26-2/h4-18H,20H2,1-3H3,(H,34,39)(H,36,37);3-13H,1-2H3,(H,26,31)(H2,27,28,29,30)/b24-17+;17-12+. The van der Waals surface area contributed by atoms with Gasteiger partial charge in [-0.15, -0.1) is 0 Å². The number of aryl methyl sites for hydroxylation is 2. The maximum atomic E-state index is 12.0. The van der Waals surface area contributed by atoms with Gasteiger partial charge in [0, 0.05) is 50.0 Å². The Hall–Kier alpha value is -10.3. The van der Waals surface area contributed by atoms with Gasteiger partial charge in [0.1, 0.15) is 68.6 Å². The van der Waals surface area contributed by atoms with Crippen LogP contribution in [0.2, 0.25) is 0 Å². The number of hydrogen-bond donors (Lipinski definition) is 5. The SMILES string of the molecule is CNC(=O)/C(C#N)=C/c1cccc(Nc2[nH]nc3nccc(Oc4ccc(C)cc4)c23)c1.CNC(=O)/C(C#N)=C/c1cccc(Nc2nn(Cc3ccc(OC)cc3)c3nccc(Oc4ccc(C)cc4)c23)c1. The van der Waals surface area contributed by atoms with Gasteiger partial charge in [-0.3, -0.25) is 14.7 Å². The van der Waals surface area contributed by atoms with E-state index in [1.165, 1.54) is 26.2 Å². The summed E-state index contributed by atoms with van der Waals surface area (Å²) in [7, 11) is 4.61. The molecule has 0 fully saturated rings. The maximum Gasteiger partial charge on any atom is 0.261 e. The molecule has 0 atom stereocenters. The van der Waals surface area contributed by atoms with Crippen LogP contribution in [-0.2, 0) is 16.1 Å².